The number of amides is 1. The lowest BCUT2D eigenvalue weighted by atomic mass is 10.1. The molecule has 0 aliphatic rings. The Bertz CT molecular complexity index is 1090. The van der Waals surface area contributed by atoms with Crippen molar-refractivity contribution in [1.29, 1.82) is 0 Å². The molecule has 0 bridgehead atoms. The predicted octanol–water partition coefficient (Wildman–Crippen LogP) is 2.94. The third-order valence-electron chi connectivity index (χ3n) is 5.12. The molecule has 0 N–H and O–H groups in total. The van der Waals surface area contributed by atoms with Gasteiger partial charge in [-0.05, 0) is 66.4 Å². The van der Waals surface area contributed by atoms with Gasteiger partial charge in [-0.15, -0.1) is 0 Å². The van der Waals surface area contributed by atoms with E-state index in [0.29, 0.717) is 13.1 Å². The normalized spacial score (nSPS) is 11.5. The van der Waals surface area contributed by atoms with Crippen molar-refractivity contribution < 1.29 is 13.2 Å². The van der Waals surface area contributed by atoms with Crippen LogP contribution in [0.2, 0.25) is 0 Å². The number of aryl methyl sites for hydroxylation is 2. The molecular formula is C23H26N4O3S. The number of likely N-dealkylation sites (N-methyl/N-ethyl adjacent to an activating group) is 1. The molecule has 0 radical (unpaired) electrons. The molecule has 0 saturated heterocycles. The highest BCUT2D eigenvalue weighted by atomic mass is 32.2. The average molecular weight is 439 g/mol. The van der Waals surface area contributed by atoms with Crippen LogP contribution in [0.25, 0.3) is 0 Å². The monoisotopic (exact) mass is 438 g/mol. The summed E-state index contributed by atoms with van der Waals surface area (Å²) in [6.45, 7) is 4.19. The molecule has 0 spiro atoms. The number of hydrogen-bond donors (Lipinski definition) is 0. The molecule has 0 aliphatic heterocycles. The van der Waals surface area contributed by atoms with Crippen LogP contribution in [0.4, 0.5) is 0 Å². The van der Waals surface area contributed by atoms with E-state index in [4.69, 9.17) is 0 Å². The van der Waals surface area contributed by atoms with Gasteiger partial charge in [-0.1, -0.05) is 12.1 Å². The second kappa shape index (κ2) is 9.80. The molecular weight excluding hydrogens is 412 g/mol. The van der Waals surface area contributed by atoms with Crippen LogP contribution in [0.3, 0.4) is 0 Å². The first kappa shape index (κ1) is 22.6. The third-order valence-corrected chi connectivity index (χ3v) is 6.92. The van der Waals surface area contributed by atoms with Crippen LogP contribution < -0.4 is 0 Å². The van der Waals surface area contributed by atoms with Crippen molar-refractivity contribution >= 4 is 15.9 Å². The summed E-state index contributed by atoms with van der Waals surface area (Å²) in [6, 6.07) is 12.3. The molecule has 1 aromatic carbocycles. The van der Waals surface area contributed by atoms with Gasteiger partial charge in [0.05, 0.1) is 11.4 Å². The number of carbonyl (C=O) groups excluding carboxylic acids is 1. The molecule has 3 aromatic rings. The highest BCUT2D eigenvalue weighted by molar-refractivity contribution is 7.89. The van der Waals surface area contributed by atoms with E-state index in [9.17, 15) is 13.2 Å². The van der Waals surface area contributed by atoms with Gasteiger partial charge in [0.1, 0.15) is 0 Å². The fraction of sp³-hybridized carbons (Fsp3) is 0.261. The van der Waals surface area contributed by atoms with Crippen molar-refractivity contribution in [1.82, 2.24) is 19.2 Å². The molecule has 1 amide bonds. The van der Waals surface area contributed by atoms with E-state index in [0.717, 1.165) is 26.6 Å². The Balaban J connectivity index is 1.80. The SMILES string of the molecule is Cc1ccc(S(=O)(=O)N(C)CC(=O)N(Cc2ccncc2)Cc2cccnc2)cc1C. The standard InChI is InChI=1S/C23H26N4O3S/c1-18-6-7-22(13-19(18)2)31(29,30)26(3)17-23(28)27(15-20-8-11-24-12-9-20)16-21-5-4-10-25-14-21/h4-14H,15-17H2,1-3H3. The van der Waals surface area contributed by atoms with Gasteiger partial charge in [0.15, 0.2) is 0 Å². The lowest BCUT2D eigenvalue weighted by Gasteiger charge is -2.26. The smallest absolute Gasteiger partial charge is 0.243 e. The Morgan fingerprint density at radius 3 is 2.26 bits per heavy atom. The first-order chi connectivity index (χ1) is 14.8. The Kier molecular flexibility index (Phi) is 7.14. The van der Waals surface area contributed by atoms with Gasteiger partial charge in [-0.3, -0.25) is 14.8 Å². The molecule has 0 aliphatic carbocycles. The lowest BCUT2D eigenvalue weighted by Crippen LogP contribution is -2.40. The average Bonchev–Trinajstić information content (AvgIpc) is 2.76. The van der Waals surface area contributed by atoms with Crippen molar-refractivity contribution in [2.75, 3.05) is 13.6 Å². The summed E-state index contributed by atoms with van der Waals surface area (Å²) < 4.78 is 27.1. The van der Waals surface area contributed by atoms with E-state index in [2.05, 4.69) is 9.97 Å². The molecule has 0 saturated carbocycles. The molecule has 0 atom stereocenters. The lowest BCUT2D eigenvalue weighted by molar-refractivity contribution is -0.132. The maximum absolute atomic E-state index is 13.1. The Morgan fingerprint density at radius 2 is 1.61 bits per heavy atom. The minimum atomic E-state index is -3.79. The molecule has 3 rings (SSSR count). The van der Waals surface area contributed by atoms with Crippen molar-refractivity contribution in [3.05, 3.63) is 89.5 Å². The first-order valence-electron chi connectivity index (χ1n) is 9.86. The molecule has 0 unspecified atom stereocenters. The van der Waals surface area contributed by atoms with Gasteiger partial charge in [0.25, 0.3) is 0 Å². The summed E-state index contributed by atoms with van der Waals surface area (Å²) in [7, 11) is -2.36. The topological polar surface area (TPSA) is 83.5 Å². The number of sulfonamides is 1. The molecule has 8 heteroatoms. The summed E-state index contributed by atoms with van der Waals surface area (Å²) >= 11 is 0. The van der Waals surface area contributed by atoms with Crippen LogP contribution in [0.5, 0.6) is 0 Å². The number of nitrogens with zero attached hydrogens (tertiary/aromatic N) is 4. The van der Waals surface area contributed by atoms with Crippen LogP contribution >= 0.6 is 0 Å². The third kappa shape index (κ3) is 5.74. The zero-order valence-corrected chi connectivity index (χ0v) is 18.7. The van der Waals surface area contributed by atoms with Crippen LogP contribution in [0.15, 0.2) is 72.1 Å². The summed E-state index contributed by atoms with van der Waals surface area (Å²) in [4.78, 5) is 23.1. The van der Waals surface area contributed by atoms with E-state index < -0.39 is 10.0 Å². The van der Waals surface area contributed by atoms with Gasteiger partial charge >= 0.3 is 0 Å². The van der Waals surface area contributed by atoms with Gasteiger partial charge < -0.3 is 4.90 Å². The van der Waals surface area contributed by atoms with Gasteiger partial charge in [0, 0.05) is 44.9 Å². The van der Waals surface area contributed by atoms with Crippen LogP contribution in [0, 0.1) is 13.8 Å². The molecule has 31 heavy (non-hydrogen) atoms. The van der Waals surface area contributed by atoms with E-state index in [1.807, 2.05) is 32.0 Å². The number of carbonyl (C=O) groups is 1. The van der Waals surface area contributed by atoms with E-state index in [-0.39, 0.29) is 17.3 Å². The van der Waals surface area contributed by atoms with Crippen LogP contribution in [0.1, 0.15) is 22.3 Å². The fourth-order valence-electron chi connectivity index (χ4n) is 3.08. The Labute approximate surface area is 183 Å². The van der Waals surface area contributed by atoms with E-state index in [1.165, 1.54) is 7.05 Å². The number of rotatable bonds is 8. The second-order valence-electron chi connectivity index (χ2n) is 7.47. The van der Waals surface area contributed by atoms with E-state index >= 15 is 0 Å². The summed E-state index contributed by atoms with van der Waals surface area (Å²) in [6.07, 6.45) is 6.70. The van der Waals surface area contributed by atoms with Crippen LogP contribution in [-0.2, 0) is 27.9 Å². The van der Waals surface area contributed by atoms with E-state index in [1.54, 1.807) is 54.0 Å². The maximum Gasteiger partial charge on any atom is 0.243 e. The first-order valence-corrected chi connectivity index (χ1v) is 11.3. The molecule has 2 heterocycles. The minimum absolute atomic E-state index is 0.179. The summed E-state index contributed by atoms with van der Waals surface area (Å²) in [5.41, 5.74) is 3.67. The largest absolute Gasteiger partial charge is 0.333 e. The Hall–Kier alpha value is -3.10. The fourth-order valence-corrected chi connectivity index (χ4v) is 4.29. The molecule has 7 nitrogen and oxygen atoms in total. The summed E-state index contributed by atoms with van der Waals surface area (Å²) in [5, 5.41) is 0. The highest BCUT2D eigenvalue weighted by Gasteiger charge is 2.26. The minimum Gasteiger partial charge on any atom is -0.333 e. The van der Waals surface area contributed by atoms with Gasteiger partial charge in [-0.2, -0.15) is 4.31 Å². The zero-order chi connectivity index (χ0) is 22.4. The zero-order valence-electron chi connectivity index (χ0n) is 17.9. The second-order valence-corrected chi connectivity index (χ2v) is 9.52. The number of hydrogen-bond acceptors (Lipinski definition) is 5. The quantitative estimate of drug-likeness (QED) is 0.540. The van der Waals surface area contributed by atoms with Crippen molar-refractivity contribution in [2.24, 2.45) is 0 Å². The summed E-state index contributed by atoms with van der Waals surface area (Å²) in [5.74, 6) is -0.296. The maximum atomic E-state index is 13.1. The number of pyridine rings is 2. The van der Waals surface area contributed by atoms with Gasteiger partial charge in [-0.25, -0.2) is 8.42 Å². The van der Waals surface area contributed by atoms with Gasteiger partial charge in [0.2, 0.25) is 15.9 Å². The molecule has 2 aromatic heterocycles. The molecule has 162 valence electrons. The van der Waals surface area contributed by atoms with Crippen LogP contribution in [-0.4, -0.2) is 47.1 Å². The number of aromatic nitrogens is 2. The molecule has 0 fully saturated rings. The number of benzene rings is 1. The van der Waals surface area contributed by atoms with Crippen molar-refractivity contribution in [2.45, 2.75) is 31.8 Å². The predicted molar refractivity (Wildman–Crippen MR) is 118 cm³/mol. The highest BCUT2D eigenvalue weighted by Crippen LogP contribution is 2.19. The van der Waals surface area contributed by atoms with Crippen molar-refractivity contribution in [3.8, 4) is 0 Å². The van der Waals surface area contributed by atoms with Crippen molar-refractivity contribution in [3.63, 3.8) is 0 Å². The Morgan fingerprint density at radius 1 is 0.903 bits per heavy atom.